The lowest BCUT2D eigenvalue weighted by molar-refractivity contribution is -0.152. The van der Waals surface area contributed by atoms with Crippen LogP contribution in [0, 0.1) is 17.8 Å². The van der Waals surface area contributed by atoms with Crippen LogP contribution in [0.2, 0.25) is 0 Å². The van der Waals surface area contributed by atoms with E-state index in [1.165, 1.54) is 19.3 Å². The first kappa shape index (κ1) is 9.02. The second-order valence-electron chi connectivity index (χ2n) is 5.30. The van der Waals surface area contributed by atoms with Crippen molar-refractivity contribution < 1.29 is 9.53 Å². The van der Waals surface area contributed by atoms with E-state index in [0.29, 0.717) is 12.4 Å². The zero-order valence-corrected chi connectivity index (χ0v) is 8.87. The van der Waals surface area contributed by atoms with Crippen molar-refractivity contribution in [2.45, 2.75) is 43.1 Å². The van der Waals surface area contributed by atoms with Gasteiger partial charge in [-0.1, -0.05) is 0 Å². The second-order valence-corrected chi connectivity index (χ2v) is 6.05. The largest absolute Gasteiger partial charge is 0.462 e. The molecule has 0 radical (unpaired) electrons. The molecule has 0 aromatic heterocycles. The first-order valence-electron chi connectivity index (χ1n) is 5.49. The molecule has 3 heteroatoms. The third-order valence-electron chi connectivity index (χ3n) is 4.34. The van der Waals surface area contributed by atoms with Crippen molar-refractivity contribution in [2.24, 2.45) is 17.8 Å². The molecule has 0 aromatic rings. The van der Waals surface area contributed by atoms with E-state index in [-0.39, 0.29) is 11.0 Å². The third kappa shape index (κ3) is 1.13. The second kappa shape index (κ2) is 2.88. The number of alkyl halides is 1. The lowest BCUT2D eigenvalue weighted by Crippen LogP contribution is -2.58. The van der Waals surface area contributed by atoms with Crippen LogP contribution in [0.25, 0.3) is 0 Å². The highest BCUT2D eigenvalue weighted by Crippen LogP contribution is 2.59. The van der Waals surface area contributed by atoms with Crippen LogP contribution >= 0.6 is 11.6 Å². The Morgan fingerprint density at radius 3 is 2.36 bits per heavy atom. The van der Waals surface area contributed by atoms with Crippen molar-refractivity contribution >= 4 is 18.1 Å². The van der Waals surface area contributed by atoms with Crippen LogP contribution < -0.4 is 0 Å². The summed E-state index contributed by atoms with van der Waals surface area (Å²) in [6, 6.07) is 0. The molecule has 4 bridgehead atoms. The van der Waals surface area contributed by atoms with Crippen LogP contribution in [0.5, 0.6) is 0 Å². The van der Waals surface area contributed by atoms with E-state index >= 15 is 0 Å². The average Bonchev–Trinajstić information content (AvgIpc) is 2.09. The Labute approximate surface area is 88.9 Å². The number of ether oxygens (including phenoxy) is 1. The number of hydrogen-bond acceptors (Lipinski definition) is 2. The molecule has 78 valence electrons. The van der Waals surface area contributed by atoms with Gasteiger partial charge in [-0.25, -0.2) is 0 Å². The Hall–Kier alpha value is -0.240. The molecule has 4 aliphatic carbocycles. The summed E-state index contributed by atoms with van der Waals surface area (Å²) in [5, 5.41) is 0. The van der Waals surface area contributed by atoms with E-state index in [9.17, 15) is 4.79 Å². The van der Waals surface area contributed by atoms with Gasteiger partial charge in [-0.3, -0.25) is 4.79 Å². The van der Waals surface area contributed by atoms with Crippen LogP contribution in [-0.4, -0.2) is 17.5 Å². The van der Waals surface area contributed by atoms with Gasteiger partial charge in [0.25, 0.3) is 6.47 Å². The Morgan fingerprint density at radius 1 is 1.21 bits per heavy atom. The van der Waals surface area contributed by atoms with Gasteiger partial charge in [0, 0.05) is 0 Å². The van der Waals surface area contributed by atoms with E-state index < -0.39 is 0 Å². The highest BCUT2D eigenvalue weighted by Gasteiger charge is 2.57. The van der Waals surface area contributed by atoms with Crippen LogP contribution in [0.15, 0.2) is 0 Å². The Balaban J connectivity index is 1.89. The Bertz CT molecular complexity index is 252. The zero-order chi connectivity index (χ0) is 9.76. The van der Waals surface area contributed by atoms with Gasteiger partial charge in [0.1, 0.15) is 6.10 Å². The number of carbonyl (C=O) groups is 1. The van der Waals surface area contributed by atoms with Crippen molar-refractivity contribution in [2.75, 3.05) is 0 Å². The van der Waals surface area contributed by atoms with E-state index in [1.54, 1.807) is 0 Å². The SMILES string of the molecule is O=COC1C2CC3CC(C2)CC1(Cl)C3. The predicted octanol–water partition coefficient (Wildman–Crippen LogP) is 2.35. The van der Waals surface area contributed by atoms with Gasteiger partial charge in [0.15, 0.2) is 0 Å². The standard InChI is InChI=1S/C11H15ClO2/c12-11-4-7-1-8(5-11)3-9(2-7)10(11)14-6-13/h6-10H,1-5H2. The fourth-order valence-corrected chi connectivity index (χ4v) is 4.85. The molecule has 2 nitrogen and oxygen atoms in total. The van der Waals surface area contributed by atoms with Gasteiger partial charge < -0.3 is 4.74 Å². The molecular weight excluding hydrogens is 200 g/mol. The van der Waals surface area contributed by atoms with Crippen molar-refractivity contribution in [3.63, 3.8) is 0 Å². The van der Waals surface area contributed by atoms with Crippen LogP contribution in [0.4, 0.5) is 0 Å². The highest BCUT2D eigenvalue weighted by atomic mass is 35.5. The fourth-order valence-electron chi connectivity index (χ4n) is 4.19. The van der Waals surface area contributed by atoms with Crippen molar-refractivity contribution in [3.8, 4) is 0 Å². The van der Waals surface area contributed by atoms with Crippen LogP contribution in [0.3, 0.4) is 0 Å². The minimum Gasteiger partial charge on any atom is -0.462 e. The summed E-state index contributed by atoms with van der Waals surface area (Å²) in [6.07, 6.45) is 5.92. The maximum Gasteiger partial charge on any atom is 0.293 e. The molecule has 0 aromatic carbocycles. The molecule has 3 atom stereocenters. The molecule has 0 amide bonds. The zero-order valence-electron chi connectivity index (χ0n) is 8.12. The van der Waals surface area contributed by atoms with E-state index in [4.69, 9.17) is 16.3 Å². The lowest BCUT2D eigenvalue weighted by atomic mass is 9.54. The molecule has 4 aliphatic rings. The first-order chi connectivity index (χ1) is 6.71. The summed E-state index contributed by atoms with van der Waals surface area (Å²) in [5.74, 6) is 2.15. The number of halogens is 1. The van der Waals surface area contributed by atoms with Crippen molar-refractivity contribution in [3.05, 3.63) is 0 Å². The summed E-state index contributed by atoms with van der Waals surface area (Å²) in [4.78, 5) is 10.2. The number of hydrogen-bond donors (Lipinski definition) is 0. The maximum atomic E-state index is 10.5. The lowest BCUT2D eigenvalue weighted by Gasteiger charge is -2.57. The summed E-state index contributed by atoms with van der Waals surface area (Å²) in [7, 11) is 0. The molecule has 0 aliphatic heterocycles. The van der Waals surface area contributed by atoms with Gasteiger partial charge in [-0.15, -0.1) is 11.6 Å². The number of rotatable bonds is 2. The van der Waals surface area contributed by atoms with Gasteiger partial charge in [-0.05, 0) is 49.9 Å². The summed E-state index contributed by atoms with van der Waals surface area (Å²) in [5.41, 5.74) is 0. The Morgan fingerprint density at radius 2 is 1.86 bits per heavy atom. The Kier molecular flexibility index (Phi) is 1.85. The molecule has 0 N–H and O–H groups in total. The predicted molar refractivity (Wildman–Crippen MR) is 53.1 cm³/mol. The van der Waals surface area contributed by atoms with Crippen molar-refractivity contribution in [1.29, 1.82) is 0 Å². The third-order valence-corrected chi connectivity index (χ3v) is 4.86. The summed E-state index contributed by atoms with van der Waals surface area (Å²) >= 11 is 6.59. The van der Waals surface area contributed by atoms with E-state index in [2.05, 4.69) is 0 Å². The molecule has 4 rings (SSSR count). The van der Waals surface area contributed by atoms with Gasteiger partial charge in [-0.2, -0.15) is 0 Å². The van der Waals surface area contributed by atoms with Crippen LogP contribution in [-0.2, 0) is 9.53 Å². The van der Waals surface area contributed by atoms with Gasteiger partial charge in [0.05, 0.1) is 4.87 Å². The van der Waals surface area contributed by atoms with Crippen molar-refractivity contribution in [1.82, 2.24) is 0 Å². The monoisotopic (exact) mass is 214 g/mol. The topological polar surface area (TPSA) is 26.3 Å². The molecule has 0 spiro atoms. The normalized spacial score (nSPS) is 54.6. The van der Waals surface area contributed by atoms with Gasteiger partial charge in [0.2, 0.25) is 0 Å². The van der Waals surface area contributed by atoms with Gasteiger partial charge >= 0.3 is 0 Å². The minimum atomic E-state index is -0.213. The quantitative estimate of drug-likeness (QED) is 0.521. The molecule has 0 saturated heterocycles. The smallest absolute Gasteiger partial charge is 0.293 e. The average molecular weight is 215 g/mol. The maximum absolute atomic E-state index is 10.5. The molecule has 14 heavy (non-hydrogen) atoms. The summed E-state index contributed by atoms with van der Waals surface area (Å²) in [6.45, 7) is 0.580. The highest BCUT2D eigenvalue weighted by molar-refractivity contribution is 6.24. The van der Waals surface area contributed by atoms with Crippen LogP contribution in [0.1, 0.15) is 32.1 Å². The molecule has 4 saturated carbocycles. The number of carbonyl (C=O) groups excluding carboxylic acids is 1. The molecular formula is C11H15ClO2. The molecule has 4 fully saturated rings. The minimum absolute atomic E-state index is 0.00512. The first-order valence-corrected chi connectivity index (χ1v) is 5.87. The molecule has 3 unspecified atom stereocenters. The fraction of sp³-hybridized carbons (Fsp3) is 0.909. The summed E-state index contributed by atoms with van der Waals surface area (Å²) < 4.78 is 5.21. The van der Waals surface area contributed by atoms with E-state index in [1.807, 2.05) is 0 Å². The molecule has 0 heterocycles. The van der Waals surface area contributed by atoms with E-state index in [0.717, 1.165) is 24.7 Å².